The summed E-state index contributed by atoms with van der Waals surface area (Å²) < 4.78 is 5.14. The molecule has 20 heavy (non-hydrogen) atoms. The molecule has 1 unspecified atom stereocenters. The van der Waals surface area contributed by atoms with Crippen LogP contribution in [0.25, 0.3) is 0 Å². The second kappa shape index (κ2) is 4.81. The zero-order valence-corrected chi connectivity index (χ0v) is 12.3. The van der Waals surface area contributed by atoms with Crippen LogP contribution in [0.4, 0.5) is 0 Å². The molecule has 2 aliphatic rings. The second-order valence-electron chi connectivity index (χ2n) is 6.25. The normalized spacial score (nSPS) is 23.1. The molecule has 0 spiro atoms. The summed E-state index contributed by atoms with van der Waals surface area (Å²) in [5.41, 5.74) is 2.64. The lowest BCUT2D eigenvalue weighted by atomic mass is 10.0. The molecule has 1 saturated carbocycles. The first-order valence-corrected chi connectivity index (χ1v) is 7.30. The van der Waals surface area contributed by atoms with Gasteiger partial charge in [-0.2, -0.15) is 0 Å². The molecule has 0 saturated heterocycles. The van der Waals surface area contributed by atoms with Gasteiger partial charge in [-0.1, -0.05) is 13.8 Å². The molecule has 1 aromatic heterocycles. The number of carbonyl (C=O) groups excluding carboxylic acids is 1. The molecule has 108 valence electrons. The summed E-state index contributed by atoms with van der Waals surface area (Å²) in [5, 5.41) is 3.27. The molecule has 0 amide bonds. The van der Waals surface area contributed by atoms with E-state index in [1.807, 2.05) is 6.92 Å². The Hall–Kier alpha value is -1.49. The number of fused-ring (bicyclic) bond motifs is 1. The van der Waals surface area contributed by atoms with E-state index >= 15 is 0 Å². The third-order valence-electron chi connectivity index (χ3n) is 4.24. The Kier molecular flexibility index (Phi) is 3.24. The SMILES string of the molecule is CCOC(=O)c1nc(C2CC2(C)C)nc2c1CNCC2. The van der Waals surface area contributed by atoms with Gasteiger partial charge in [-0.3, -0.25) is 0 Å². The lowest BCUT2D eigenvalue weighted by Crippen LogP contribution is -2.29. The van der Waals surface area contributed by atoms with Crippen LogP contribution >= 0.6 is 0 Å². The van der Waals surface area contributed by atoms with Crippen molar-refractivity contribution in [2.75, 3.05) is 13.2 Å². The largest absolute Gasteiger partial charge is 0.461 e. The van der Waals surface area contributed by atoms with Crippen LogP contribution in [-0.2, 0) is 17.7 Å². The topological polar surface area (TPSA) is 64.1 Å². The predicted molar refractivity (Wildman–Crippen MR) is 74.5 cm³/mol. The van der Waals surface area contributed by atoms with Crippen molar-refractivity contribution in [1.29, 1.82) is 0 Å². The highest BCUT2D eigenvalue weighted by Crippen LogP contribution is 2.57. The molecule has 1 N–H and O–H groups in total. The number of carbonyl (C=O) groups is 1. The van der Waals surface area contributed by atoms with E-state index in [-0.39, 0.29) is 11.4 Å². The van der Waals surface area contributed by atoms with Gasteiger partial charge in [0.15, 0.2) is 5.69 Å². The molecule has 2 heterocycles. The Morgan fingerprint density at radius 1 is 1.45 bits per heavy atom. The molecule has 1 aliphatic heterocycles. The Morgan fingerprint density at radius 3 is 2.85 bits per heavy atom. The molecule has 0 radical (unpaired) electrons. The first-order chi connectivity index (χ1) is 9.53. The smallest absolute Gasteiger partial charge is 0.357 e. The highest BCUT2D eigenvalue weighted by molar-refractivity contribution is 5.89. The minimum atomic E-state index is -0.324. The minimum Gasteiger partial charge on any atom is -0.461 e. The predicted octanol–water partition coefficient (Wildman–Crippen LogP) is 1.81. The molecule has 1 aliphatic carbocycles. The molecule has 5 heteroatoms. The third kappa shape index (κ3) is 2.30. The van der Waals surface area contributed by atoms with Gasteiger partial charge in [-0.25, -0.2) is 14.8 Å². The average molecular weight is 275 g/mol. The zero-order valence-electron chi connectivity index (χ0n) is 12.3. The molecule has 0 bridgehead atoms. The van der Waals surface area contributed by atoms with Crippen LogP contribution in [0.3, 0.4) is 0 Å². The summed E-state index contributed by atoms with van der Waals surface area (Å²) in [6, 6.07) is 0. The Balaban J connectivity index is 2.02. The van der Waals surface area contributed by atoms with E-state index in [2.05, 4.69) is 24.1 Å². The van der Waals surface area contributed by atoms with E-state index in [0.717, 1.165) is 36.5 Å². The van der Waals surface area contributed by atoms with E-state index in [1.165, 1.54) is 0 Å². The number of esters is 1. The molecule has 5 nitrogen and oxygen atoms in total. The van der Waals surface area contributed by atoms with Crippen molar-refractivity contribution in [3.05, 3.63) is 22.8 Å². The van der Waals surface area contributed by atoms with Crippen LogP contribution < -0.4 is 5.32 Å². The summed E-state index contributed by atoms with van der Waals surface area (Å²) in [6.45, 7) is 8.17. The lowest BCUT2D eigenvalue weighted by molar-refractivity contribution is 0.0516. The monoisotopic (exact) mass is 275 g/mol. The van der Waals surface area contributed by atoms with Crippen molar-refractivity contribution in [2.45, 2.75) is 46.1 Å². The van der Waals surface area contributed by atoms with Crippen molar-refractivity contribution in [3.63, 3.8) is 0 Å². The van der Waals surface area contributed by atoms with E-state index < -0.39 is 0 Å². The number of rotatable bonds is 3. The van der Waals surface area contributed by atoms with Gasteiger partial charge in [0.25, 0.3) is 0 Å². The maximum Gasteiger partial charge on any atom is 0.357 e. The number of nitrogens with one attached hydrogen (secondary N) is 1. The van der Waals surface area contributed by atoms with Crippen molar-refractivity contribution < 1.29 is 9.53 Å². The summed E-state index contributed by atoms with van der Waals surface area (Å²) >= 11 is 0. The van der Waals surface area contributed by atoms with Gasteiger partial charge in [-0.15, -0.1) is 0 Å². The van der Waals surface area contributed by atoms with Crippen molar-refractivity contribution in [1.82, 2.24) is 15.3 Å². The Labute approximate surface area is 119 Å². The highest BCUT2D eigenvalue weighted by atomic mass is 16.5. The van der Waals surface area contributed by atoms with Gasteiger partial charge >= 0.3 is 5.97 Å². The molecular weight excluding hydrogens is 254 g/mol. The van der Waals surface area contributed by atoms with Crippen LogP contribution in [0.15, 0.2) is 0 Å². The van der Waals surface area contributed by atoms with Gasteiger partial charge in [-0.05, 0) is 18.8 Å². The first-order valence-electron chi connectivity index (χ1n) is 7.30. The number of nitrogens with zero attached hydrogens (tertiary/aromatic N) is 2. The minimum absolute atomic E-state index is 0.257. The Bertz CT molecular complexity index is 554. The number of hydrogen-bond donors (Lipinski definition) is 1. The number of hydrogen-bond acceptors (Lipinski definition) is 5. The average Bonchev–Trinajstić information content (AvgIpc) is 3.07. The molecule has 1 atom stereocenters. The maximum absolute atomic E-state index is 12.1. The third-order valence-corrected chi connectivity index (χ3v) is 4.24. The molecule has 0 aromatic carbocycles. The first kappa shape index (κ1) is 13.5. The zero-order chi connectivity index (χ0) is 14.3. The fraction of sp³-hybridized carbons (Fsp3) is 0.667. The molecule has 1 aromatic rings. The summed E-state index contributed by atoms with van der Waals surface area (Å²) in [4.78, 5) is 21.4. The Morgan fingerprint density at radius 2 is 2.20 bits per heavy atom. The van der Waals surface area contributed by atoms with E-state index in [0.29, 0.717) is 24.8 Å². The fourth-order valence-electron chi connectivity index (χ4n) is 2.79. The van der Waals surface area contributed by atoms with Crippen LogP contribution in [0.1, 0.15) is 60.7 Å². The molecule has 3 rings (SSSR count). The van der Waals surface area contributed by atoms with E-state index in [1.54, 1.807) is 0 Å². The summed E-state index contributed by atoms with van der Waals surface area (Å²) in [6.07, 6.45) is 1.94. The quantitative estimate of drug-likeness (QED) is 0.852. The van der Waals surface area contributed by atoms with E-state index in [4.69, 9.17) is 9.72 Å². The molecular formula is C15H21N3O2. The fourth-order valence-corrected chi connectivity index (χ4v) is 2.79. The van der Waals surface area contributed by atoms with Crippen LogP contribution in [-0.4, -0.2) is 29.1 Å². The van der Waals surface area contributed by atoms with E-state index in [9.17, 15) is 4.79 Å². The van der Waals surface area contributed by atoms with Crippen LogP contribution in [0.5, 0.6) is 0 Å². The van der Waals surface area contributed by atoms with Gasteiger partial charge in [0.2, 0.25) is 0 Å². The van der Waals surface area contributed by atoms with Crippen LogP contribution in [0.2, 0.25) is 0 Å². The van der Waals surface area contributed by atoms with Crippen molar-refractivity contribution >= 4 is 5.97 Å². The van der Waals surface area contributed by atoms with Gasteiger partial charge < -0.3 is 10.1 Å². The maximum atomic E-state index is 12.1. The van der Waals surface area contributed by atoms with Crippen LogP contribution in [0, 0.1) is 5.41 Å². The van der Waals surface area contributed by atoms with Crippen molar-refractivity contribution in [2.24, 2.45) is 5.41 Å². The van der Waals surface area contributed by atoms with Crippen molar-refractivity contribution in [3.8, 4) is 0 Å². The number of aromatic nitrogens is 2. The molecule has 1 fully saturated rings. The number of ether oxygens (including phenoxy) is 1. The lowest BCUT2D eigenvalue weighted by Gasteiger charge is -2.19. The van der Waals surface area contributed by atoms with Gasteiger partial charge in [0, 0.05) is 31.0 Å². The van der Waals surface area contributed by atoms with Gasteiger partial charge in [0.1, 0.15) is 5.82 Å². The van der Waals surface area contributed by atoms with Gasteiger partial charge in [0.05, 0.1) is 12.3 Å². The highest BCUT2D eigenvalue weighted by Gasteiger charge is 2.49. The second-order valence-corrected chi connectivity index (χ2v) is 6.25. The summed E-state index contributed by atoms with van der Waals surface area (Å²) in [5.74, 6) is 0.865. The summed E-state index contributed by atoms with van der Waals surface area (Å²) in [7, 11) is 0. The standard InChI is InChI=1S/C15H21N3O2/c1-4-20-14(19)12-9-8-16-6-5-11(9)17-13(18-12)10-7-15(10,2)3/h10,16H,4-8H2,1-3H3.